The number of thiophene rings is 1. The van der Waals surface area contributed by atoms with E-state index >= 15 is 0 Å². The van der Waals surface area contributed by atoms with Crippen LogP contribution in [-0.4, -0.2) is 29.5 Å². The van der Waals surface area contributed by atoms with Gasteiger partial charge in [0.15, 0.2) is 5.78 Å². The van der Waals surface area contributed by atoms with E-state index in [2.05, 4.69) is 5.32 Å². The van der Waals surface area contributed by atoms with Gasteiger partial charge >= 0.3 is 12.1 Å². The lowest BCUT2D eigenvalue weighted by Gasteiger charge is -2.05. The number of hydrogen-bond acceptors (Lipinski definition) is 5. The second kappa shape index (κ2) is 10.9. The summed E-state index contributed by atoms with van der Waals surface area (Å²) in [5, 5.41) is 11.3. The summed E-state index contributed by atoms with van der Waals surface area (Å²) in [5.41, 5.74) is 0.930. The largest absolute Gasteiger partial charge is 0.481 e. The molecule has 0 saturated heterocycles. The molecule has 142 valence electrons. The molecule has 6 nitrogen and oxygen atoms in total. The SMILES string of the molecule is O=C(O)CCC(=O)c1ccc(C=CCCNC(=O)OCc2ccccc2)s1. The van der Waals surface area contributed by atoms with Crippen molar-refractivity contribution in [2.45, 2.75) is 25.9 Å². The number of benzene rings is 1. The minimum absolute atomic E-state index is 0.00795. The zero-order valence-corrected chi connectivity index (χ0v) is 15.5. The third-order valence-corrected chi connectivity index (χ3v) is 4.63. The number of hydrogen-bond donors (Lipinski definition) is 2. The van der Waals surface area contributed by atoms with E-state index in [9.17, 15) is 14.4 Å². The van der Waals surface area contributed by atoms with Crippen LogP contribution in [0.4, 0.5) is 4.79 Å². The molecule has 1 aromatic heterocycles. The number of carboxylic acids is 1. The number of rotatable bonds is 10. The molecule has 0 atom stereocenters. The lowest BCUT2D eigenvalue weighted by Crippen LogP contribution is -2.24. The van der Waals surface area contributed by atoms with Crippen molar-refractivity contribution in [2.24, 2.45) is 0 Å². The average molecular weight is 387 g/mol. The topological polar surface area (TPSA) is 92.7 Å². The Morgan fingerprint density at radius 3 is 2.59 bits per heavy atom. The fourth-order valence-electron chi connectivity index (χ4n) is 2.17. The van der Waals surface area contributed by atoms with Crippen LogP contribution in [0.3, 0.4) is 0 Å². The molecule has 0 spiro atoms. The van der Waals surface area contributed by atoms with Gasteiger partial charge in [0, 0.05) is 17.8 Å². The highest BCUT2D eigenvalue weighted by molar-refractivity contribution is 7.14. The Balaban J connectivity index is 1.65. The zero-order valence-electron chi connectivity index (χ0n) is 14.7. The first kappa shape index (κ1) is 20.4. The molecule has 0 unspecified atom stereocenters. The zero-order chi connectivity index (χ0) is 19.5. The minimum Gasteiger partial charge on any atom is -0.481 e. The number of amides is 1. The summed E-state index contributed by atoms with van der Waals surface area (Å²) < 4.78 is 5.11. The second-order valence-corrected chi connectivity index (χ2v) is 6.81. The number of nitrogens with one attached hydrogen (secondary N) is 1. The Hall–Kier alpha value is -2.93. The molecule has 2 N–H and O–H groups in total. The number of alkyl carbamates (subject to hydrolysis) is 1. The summed E-state index contributed by atoms with van der Waals surface area (Å²) in [6.07, 6.45) is 3.78. The van der Waals surface area contributed by atoms with Crippen LogP contribution >= 0.6 is 11.3 Å². The molecule has 0 fully saturated rings. The van der Waals surface area contributed by atoms with Gasteiger partial charge in [0.05, 0.1) is 11.3 Å². The van der Waals surface area contributed by atoms with Gasteiger partial charge in [-0.15, -0.1) is 11.3 Å². The molecule has 7 heteroatoms. The van der Waals surface area contributed by atoms with E-state index in [4.69, 9.17) is 9.84 Å². The highest BCUT2D eigenvalue weighted by Crippen LogP contribution is 2.20. The van der Waals surface area contributed by atoms with E-state index < -0.39 is 12.1 Å². The standard InChI is InChI=1S/C20H21NO5S/c22-17(10-12-19(23)24)18-11-9-16(27-18)8-4-5-13-21-20(25)26-14-15-6-2-1-3-7-15/h1-4,6-9,11H,5,10,12-14H2,(H,21,25)(H,23,24). The smallest absolute Gasteiger partial charge is 0.407 e. The number of carboxylic acid groups (broad SMARTS) is 1. The summed E-state index contributed by atoms with van der Waals surface area (Å²) in [4.78, 5) is 35.4. The Labute approximate surface area is 161 Å². The maximum atomic E-state index is 11.8. The monoisotopic (exact) mass is 387 g/mol. The predicted octanol–water partition coefficient (Wildman–Crippen LogP) is 4.13. The lowest BCUT2D eigenvalue weighted by atomic mass is 10.2. The normalized spacial score (nSPS) is 10.7. The molecule has 27 heavy (non-hydrogen) atoms. The Morgan fingerprint density at radius 1 is 1.07 bits per heavy atom. The van der Waals surface area contributed by atoms with Crippen molar-refractivity contribution >= 4 is 35.3 Å². The quantitative estimate of drug-likeness (QED) is 0.472. The molecule has 0 radical (unpaired) electrons. The van der Waals surface area contributed by atoms with Gasteiger partial charge in [-0.25, -0.2) is 4.79 Å². The van der Waals surface area contributed by atoms with E-state index in [0.717, 1.165) is 10.4 Å². The molecule has 0 saturated carbocycles. The number of ketones is 1. The van der Waals surface area contributed by atoms with E-state index in [1.165, 1.54) is 11.3 Å². The molecule has 0 aliphatic heterocycles. The van der Waals surface area contributed by atoms with Crippen molar-refractivity contribution in [3.8, 4) is 0 Å². The van der Waals surface area contributed by atoms with E-state index in [1.54, 1.807) is 6.07 Å². The summed E-state index contributed by atoms with van der Waals surface area (Å²) in [7, 11) is 0. The third-order valence-electron chi connectivity index (χ3n) is 3.54. The van der Waals surface area contributed by atoms with Crippen molar-refractivity contribution in [2.75, 3.05) is 6.54 Å². The van der Waals surface area contributed by atoms with Gasteiger partial charge in [0.2, 0.25) is 0 Å². The van der Waals surface area contributed by atoms with Crippen LogP contribution in [0, 0.1) is 0 Å². The molecular formula is C20H21NO5S. The Morgan fingerprint density at radius 2 is 1.85 bits per heavy atom. The highest BCUT2D eigenvalue weighted by Gasteiger charge is 2.10. The maximum absolute atomic E-state index is 11.8. The predicted molar refractivity (Wildman–Crippen MR) is 104 cm³/mol. The first-order valence-corrected chi connectivity index (χ1v) is 9.32. The fourth-order valence-corrected chi connectivity index (χ4v) is 3.07. The molecule has 1 aromatic carbocycles. The Bertz CT molecular complexity index is 798. The van der Waals surface area contributed by atoms with E-state index in [-0.39, 0.29) is 25.2 Å². The highest BCUT2D eigenvalue weighted by atomic mass is 32.1. The van der Waals surface area contributed by atoms with Gasteiger partial charge in [-0.1, -0.05) is 36.4 Å². The van der Waals surface area contributed by atoms with E-state index in [1.807, 2.05) is 48.6 Å². The molecular weight excluding hydrogens is 366 g/mol. The fraction of sp³-hybridized carbons (Fsp3) is 0.250. The maximum Gasteiger partial charge on any atom is 0.407 e. The van der Waals surface area contributed by atoms with Crippen molar-refractivity contribution in [1.29, 1.82) is 0 Å². The Kier molecular flexibility index (Phi) is 8.25. The number of carbonyl (C=O) groups excluding carboxylic acids is 2. The summed E-state index contributed by atoms with van der Waals surface area (Å²) in [5.74, 6) is -1.14. The second-order valence-electron chi connectivity index (χ2n) is 5.70. The molecule has 2 aromatic rings. The van der Waals surface area contributed by atoms with Crippen LogP contribution in [0.1, 0.15) is 39.4 Å². The van der Waals surface area contributed by atoms with Crippen molar-refractivity contribution < 1.29 is 24.2 Å². The van der Waals surface area contributed by atoms with Crippen LogP contribution < -0.4 is 5.32 Å². The molecule has 2 rings (SSSR count). The first-order valence-electron chi connectivity index (χ1n) is 8.50. The van der Waals surface area contributed by atoms with Gasteiger partial charge in [0.1, 0.15) is 6.61 Å². The first-order chi connectivity index (χ1) is 13.0. The van der Waals surface area contributed by atoms with Gasteiger partial charge in [-0.2, -0.15) is 0 Å². The number of aliphatic carboxylic acids is 1. The van der Waals surface area contributed by atoms with Gasteiger partial charge < -0.3 is 15.2 Å². The third kappa shape index (κ3) is 7.87. The summed E-state index contributed by atoms with van der Waals surface area (Å²) >= 11 is 1.32. The van der Waals surface area contributed by atoms with Crippen molar-refractivity contribution in [1.82, 2.24) is 5.32 Å². The number of ether oxygens (including phenoxy) is 1. The van der Waals surface area contributed by atoms with Crippen LogP contribution in [0.25, 0.3) is 6.08 Å². The van der Waals surface area contributed by atoms with Crippen LogP contribution in [0.15, 0.2) is 48.5 Å². The van der Waals surface area contributed by atoms with Gasteiger partial charge in [-0.3, -0.25) is 9.59 Å². The molecule has 0 aliphatic carbocycles. The molecule has 0 bridgehead atoms. The number of Topliss-reactive ketones (excluding diaryl/α,β-unsaturated/α-hetero) is 1. The lowest BCUT2D eigenvalue weighted by molar-refractivity contribution is -0.136. The molecule has 1 heterocycles. The molecule has 0 aliphatic rings. The van der Waals surface area contributed by atoms with Gasteiger partial charge in [0.25, 0.3) is 0 Å². The van der Waals surface area contributed by atoms with Crippen LogP contribution in [-0.2, 0) is 16.1 Å². The molecule has 1 amide bonds. The van der Waals surface area contributed by atoms with Crippen molar-refractivity contribution in [3.05, 3.63) is 63.9 Å². The van der Waals surface area contributed by atoms with Gasteiger partial charge in [-0.05, 0) is 30.2 Å². The summed E-state index contributed by atoms with van der Waals surface area (Å²) in [6, 6.07) is 13.0. The van der Waals surface area contributed by atoms with Crippen LogP contribution in [0.2, 0.25) is 0 Å². The minimum atomic E-state index is -0.977. The van der Waals surface area contributed by atoms with Crippen molar-refractivity contribution in [3.63, 3.8) is 0 Å². The average Bonchev–Trinajstić information content (AvgIpc) is 3.14. The van der Waals surface area contributed by atoms with E-state index in [0.29, 0.717) is 17.8 Å². The van der Waals surface area contributed by atoms with Crippen LogP contribution in [0.5, 0.6) is 0 Å². The number of carbonyl (C=O) groups is 3. The summed E-state index contributed by atoms with van der Waals surface area (Å²) in [6.45, 7) is 0.677.